The minimum Gasteiger partial charge on any atom is -0.381 e. The van der Waals surface area contributed by atoms with Crippen LogP contribution in [0, 0.1) is 17.5 Å². The van der Waals surface area contributed by atoms with Gasteiger partial charge in [-0.1, -0.05) is 36.9 Å². The van der Waals surface area contributed by atoms with E-state index >= 15 is 0 Å². The van der Waals surface area contributed by atoms with Crippen LogP contribution in [0.5, 0.6) is 0 Å². The van der Waals surface area contributed by atoms with Crippen molar-refractivity contribution in [2.75, 3.05) is 11.9 Å². The lowest BCUT2D eigenvalue weighted by atomic mass is 10.1. The van der Waals surface area contributed by atoms with E-state index in [-0.39, 0.29) is 5.69 Å². The molecule has 0 unspecified atom stereocenters. The molecule has 4 heteroatoms. The second-order valence-electron chi connectivity index (χ2n) is 4.08. The molecule has 0 heterocycles. The van der Waals surface area contributed by atoms with E-state index in [1.54, 1.807) is 0 Å². The molecule has 19 heavy (non-hydrogen) atoms. The number of halogens is 3. The van der Waals surface area contributed by atoms with Crippen molar-refractivity contribution in [3.05, 3.63) is 72.1 Å². The normalized spacial score (nSPS) is 10.3. The van der Waals surface area contributed by atoms with Gasteiger partial charge in [-0.3, -0.25) is 0 Å². The molecule has 0 aromatic heterocycles. The van der Waals surface area contributed by atoms with Crippen LogP contribution in [0.4, 0.5) is 18.9 Å². The van der Waals surface area contributed by atoms with Gasteiger partial charge in [0.2, 0.25) is 0 Å². The Morgan fingerprint density at radius 1 is 1.00 bits per heavy atom. The fourth-order valence-electron chi connectivity index (χ4n) is 1.64. The average molecular weight is 263 g/mol. The topological polar surface area (TPSA) is 12.0 Å². The van der Waals surface area contributed by atoms with Crippen LogP contribution in [0.15, 0.2) is 49.0 Å². The Kier molecular flexibility index (Phi) is 3.90. The molecular formula is C15H12F3N. The summed E-state index contributed by atoms with van der Waals surface area (Å²) in [5.41, 5.74) is 1.87. The van der Waals surface area contributed by atoms with Crippen LogP contribution in [0.25, 0.3) is 5.57 Å². The van der Waals surface area contributed by atoms with Gasteiger partial charge >= 0.3 is 0 Å². The molecule has 0 bridgehead atoms. The van der Waals surface area contributed by atoms with Crippen LogP contribution in [0.1, 0.15) is 5.56 Å². The van der Waals surface area contributed by atoms with Crippen LogP contribution >= 0.6 is 0 Å². The van der Waals surface area contributed by atoms with E-state index in [1.165, 1.54) is 0 Å². The van der Waals surface area contributed by atoms with Crippen LogP contribution in [0.2, 0.25) is 0 Å². The third-order valence-corrected chi connectivity index (χ3v) is 2.67. The Hall–Kier alpha value is -2.23. The highest BCUT2D eigenvalue weighted by molar-refractivity contribution is 5.67. The van der Waals surface area contributed by atoms with Crippen molar-refractivity contribution in [2.45, 2.75) is 0 Å². The molecule has 0 saturated heterocycles. The highest BCUT2D eigenvalue weighted by Gasteiger charge is 2.10. The molecule has 0 saturated carbocycles. The summed E-state index contributed by atoms with van der Waals surface area (Å²) in [7, 11) is 0. The van der Waals surface area contributed by atoms with Gasteiger partial charge in [-0.25, -0.2) is 13.2 Å². The maximum absolute atomic E-state index is 13.0. The summed E-state index contributed by atoms with van der Waals surface area (Å²) < 4.78 is 38.8. The number of anilines is 1. The summed E-state index contributed by atoms with van der Waals surface area (Å²) in [6, 6.07) is 11.2. The second kappa shape index (κ2) is 5.61. The maximum atomic E-state index is 13.0. The number of hydrogen-bond acceptors (Lipinski definition) is 1. The lowest BCUT2D eigenvalue weighted by Crippen LogP contribution is -2.05. The standard InChI is InChI=1S/C15H12F3N/c1-10(11-5-3-2-4-6-11)9-19-12-7-13(16)15(18)14(17)8-12/h2-8,19H,1,9H2. The summed E-state index contributed by atoms with van der Waals surface area (Å²) in [6.07, 6.45) is 0. The van der Waals surface area contributed by atoms with Crippen molar-refractivity contribution in [1.29, 1.82) is 0 Å². The van der Waals surface area contributed by atoms with E-state index in [9.17, 15) is 13.2 Å². The molecule has 2 aromatic rings. The fourth-order valence-corrected chi connectivity index (χ4v) is 1.64. The fraction of sp³-hybridized carbons (Fsp3) is 0.0667. The van der Waals surface area contributed by atoms with E-state index in [1.807, 2.05) is 30.3 Å². The smallest absolute Gasteiger partial charge is 0.194 e. The zero-order chi connectivity index (χ0) is 13.8. The Morgan fingerprint density at radius 2 is 1.58 bits per heavy atom. The molecule has 0 aliphatic heterocycles. The highest BCUT2D eigenvalue weighted by Crippen LogP contribution is 2.19. The highest BCUT2D eigenvalue weighted by atomic mass is 19.2. The van der Waals surface area contributed by atoms with E-state index < -0.39 is 17.5 Å². The average Bonchev–Trinajstić information content (AvgIpc) is 2.43. The minimum atomic E-state index is -1.47. The Morgan fingerprint density at radius 3 is 2.16 bits per heavy atom. The molecule has 2 rings (SSSR count). The molecule has 1 N–H and O–H groups in total. The van der Waals surface area contributed by atoms with Crippen LogP contribution in [-0.2, 0) is 0 Å². The van der Waals surface area contributed by atoms with Gasteiger partial charge in [0, 0.05) is 24.4 Å². The summed E-state index contributed by atoms with van der Waals surface area (Å²) in [5, 5.41) is 2.81. The van der Waals surface area contributed by atoms with Crippen molar-refractivity contribution in [3.63, 3.8) is 0 Å². The predicted molar refractivity (Wildman–Crippen MR) is 70.3 cm³/mol. The molecule has 0 radical (unpaired) electrons. The molecule has 0 fully saturated rings. The first kappa shape index (κ1) is 13.2. The minimum absolute atomic E-state index is 0.175. The van der Waals surface area contributed by atoms with Crippen LogP contribution in [-0.4, -0.2) is 6.54 Å². The number of hydrogen-bond donors (Lipinski definition) is 1. The molecule has 0 aliphatic rings. The second-order valence-corrected chi connectivity index (χ2v) is 4.08. The SMILES string of the molecule is C=C(CNc1cc(F)c(F)c(F)c1)c1ccccc1. The van der Waals surface area contributed by atoms with Gasteiger partial charge in [-0.2, -0.15) is 0 Å². The molecule has 2 aromatic carbocycles. The van der Waals surface area contributed by atoms with Gasteiger partial charge in [0.15, 0.2) is 17.5 Å². The Labute approximate surface area is 109 Å². The van der Waals surface area contributed by atoms with Gasteiger partial charge in [0.1, 0.15) is 0 Å². The van der Waals surface area contributed by atoms with Crippen molar-refractivity contribution < 1.29 is 13.2 Å². The number of nitrogens with one attached hydrogen (secondary N) is 1. The number of rotatable bonds is 4. The third kappa shape index (κ3) is 3.16. The largest absolute Gasteiger partial charge is 0.381 e. The summed E-state index contributed by atoms with van der Waals surface area (Å²) in [4.78, 5) is 0. The molecule has 0 atom stereocenters. The molecule has 0 aliphatic carbocycles. The maximum Gasteiger partial charge on any atom is 0.194 e. The summed E-state index contributed by atoms with van der Waals surface area (Å²) in [6.45, 7) is 4.19. The number of benzene rings is 2. The molecule has 1 nitrogen and oxygen atoms in total. The lowest BCUT2D eigenvalue weighted by molar-refractivity contribution is 0.448. The van der Waals surface area contributed by atoms with Crippen molar-refractivity contribution in [3.8, 4) is 0 Å². The van der Waals surface area contributed by atoms with Crippen molar-refractivity contribution >= 4 is 11.3 Å². The Bertz CT molecular complexity index is 571. The van der Waals surface area contributed by atoms with E-state index in [4.69, 9.17) is 0 Å². The van der Waals surface area contributed by atoms with Gasteiger partial charge < -0.3 is 5.32 Å². The zero-order valence-corrected chi connectivity index (χ0v) is 10.1. The van der Waals surface area contributed by atoms with E-state index in [0.717, 1.165) is 23.3 Å². The van der Waals surface area contributed by atoms with E-state index in [2.05, 4.69) is 11.9 Å². The predicted octanol–water partition coefficient (Wildman–Crippen LogP) is 4.23. The quantitative estimate of drug-likeness (QED) is 0.814. The summed E-state index contributed by atoms with van der Waals surface area (Å²) in [5.74, 6) is -3.90. The van der Waals surface area contributed by atoms with Gasteiger partial charge in [0.25, 0.3) is 0 Å². The first-order valence-electron chi connectivity index (χ1n) is 5.69. The molecular weight excluding hydrogens is 251 g/mol. The van der Waals surface area contributed by atoms with Crippen LogP contribution in [0.3, 0.4) is 0 Å². The lowest BCUT2D eigenvalue weighted by Gasteiger charge is -2.10. The molecule has 0 amide bonds. The van der Waals surface area contributed by atoms with Gasteiger partial charge in [-0.15, -0.1) is 0 Å². The van der Waals surface area contributed by atoms with Crippen molar-refractivity contribution in [2.24, 2.45) is 0 Å². The first-order chi connectivity index (χ1) is 9.08. The molecule has 98 valence electrons. The van der Waals surface area contributed by atoms with Gasteiger partial charge in [0.05, 0.1) is 0 Å². The Balaban J connectivity index is 2.05. The van der Waals surface area contributed by atoms with E-state index in [0.29, 0.717) is 6.54 Å². The monoisotopic (exact) mass is 263 g/mol. The zero-order valence-electron chi connectivity index (χ0n) is 10.1. The van der Waals surface area contributed by atoms with Crippen LogP contribution < -0.4 is 5.32 Å². The van der Waals surface area contributed by atoms with Gasteiger partial charge in [-0.05, 0) is 11.1 Å². The third-order valence-electron chi connectivity index (χ3n) is 2.67. The van der Waals surface area contributed by atoms with Crippen molar-refractivity contribution in [1.82, 2.24) is 0 Å². The first-order valence-corrected chi connectivity index (χ1v) is 5.69. The summed E-state index contributed by atoms with van der Waals surface area (Å²) >= 11 is 0. The molecule has 0 spiro atoms.